The van der Waals surface area contributed by atoms with E-state index in [2.05, 4.69) is 4.72 Å². The first kappa shape index (κ1) is 13.1. The summed E-state index contributed by atoms with van der Waals surface area (Å²) in [5.74, 6) is -0.734. The SMILES string of the molecule is Cc1ccc(F)c(S(=O)(=O)NC(C)(C)C)c1. The molecular formula is C11H16FNO2S. The quantitative estimate of drug-likeness (QED) is 0.868. The second-order valence-corrected chi connectivity index (χ2v) is 6.44. The van der Waals surface area contributed by atoms with Crippen molar-refractivity contribution in [3.8, 4) is 0 Å². The summed E-state index contributed by atoms with van der Waals surface area (Å²) in [6, 6.07) is 4.02. The fraction of sp³-hybridized carbons (Fsp3) is 0.455. The summed E-state index contributed by atoms with van der Waals surface area (Å²) in [5.41, 5.74) is 0.0744. The van der Waals surface area contributed by atoms with E-state index in [0.717, 1.165) is 6.07 Å². The number of nitrogens with one attached hydrogen (secondary N) is 1. The fourth-order valence-electron chi connectivity index (χ4n) is 1.27. The van der Waals surface area contributed by atoms with Crippen molar-refractivity contribution < 1.29 is 12.8 Å². The summed E-state index contributed by atoms with van der Waals surface area (Å²) in [4.78, 5) is -0.303. The Bertz CT molecular complexity index is 489. The molecule has 0 aliphatic rings. The molecule has 1 rings (SSSR count). The second-order valence-electron chi connectivity index (χ2n) is 4.79. The minimum absolute atomic E-state index is 0.303. The van der Waals surface area contributed by atoms with Gasteiger partial charge in [0.05, 0.1) is 0 Å². The molecule has 0 unspecified atom stereocenters. The van der Waals surface area contributed by atoms with Gasteiger partial charge < -0.3 is 0 Å². The van der Waals surface area contributed by atoms with Gasteiger partial charge in [-0.2, -0.15) is 0 Å². The van der Waals surface area contributed by atoms with Gasteiger partial charge in [-0.05, 0) is 45.4 Å². The second kappa shape index (κ2) is 4.14. The number of aryl methyl sites for hydroxylation is 1. The zero-order valence-electron chi connectivity index (χ0n) is 9.83. The van der Waals surface area contributed by atoms with Gasteiger partial charge in [-0.3, -0.25) is 0 Å². The number of halogens is 1. The molecule has 0 radical (unpaired) electrons. The van der Waals surface area contributed by atoms with E-state index >= 15 is 0 Å². The van der Waals surface area contributed by atoms with Gasteiger partial charge >= 0.3 is 0 Å². The first-order valence-corrected chi connectivity index (χ1v) is 6.40. The number of sulfonamides is 1. The molecule has 16 heavy (non-hydrogen) atoms. The van der Waals surface area contributed by atoms with E-state index in [-0.39, 0.29) is 4.90 Å². The van der Waals surface area contributed by atoms with Crippen LogP contribution in [0.25, 0.3) is 0 Å². The Kier molecular flexibility index (Phi) is 3.40. The summed E-state index contributed by atoms with van der Waals surface area (Å²) in [6.45, 7) is 6.84. The molecule has 0 bridgehead atoms. The lowest BCUT2D eigenvalue weighted by Crippen LogP contribution is -2.40. The van der Waals surface area contributed by atoms with Crippen molar-refractivity contribution in [1.29, 1.82) is 0 Å². The average Bonchev–Trinajstić information content (AvgIpc) is 2.04. The van der Waals surface area contributed by atoms with E-state index < -0.39 is 21.4 Å². The molecule has 1 aromatic carbocycles. The zero-order valence-corrected chi connectivity index (χ0v) is 10.7. The van der Waals surface area contributed by atoms with Gasteiger partial charge in [0.2, 0.25) is 10.0 Å². The minimum atomic E-state index is -3.80. The highest BCUT2D eigenvalue weighted by Crippen LogP contribution is 2.17. The van der Waals surface area contributed by atoms with Crippen molar-refractivity contribution >= 4 is 10.0 Å². The highest BCUT2D eigenvalue weighted by atomic mass is 32.2. The Morgan fingerprint density at radius 2 is 1.81 bits per heavy atom. The van der Waals surface area contributed by atoms with Gasteiger partial charge in [0.25, 0.3) is 0 Å². The van der Waals surface area contributed by atoms with Gasteiger partial charge in [-0.1, -0.05) is 6.07 Å². The van der Waals surface area contributed by atoms with E-state index in [4.69, 9.17) is 0 Å². The topological polar surface area (TPSA) is 46.2 Å². The van der Waals surface area contributed by atoms with Crippen LogP contribution in [0.4, 0.5) is 4.39 Å². The lowest BCUT2D eigenvalue weighted by molar-refractivity contribution is 0.486. The molecule has 1 aromatic rings. The van der Waals surface area contributed by atoms with E-state index in [1.54, 1.807) is 27.7 Å². The minimum Gasteiger partial charge on any atom is -0.207 e. The Labute approximate surface area is 95.7 Å². The van der Waals surface area contributed by atoms with Crippen LogP contribution in [-0.2, 0) is 10.0 Å². The molecule has 0 aliphatic heterocycles. The highest BCUT2D eigenvalue weighted by molar-refractivity contribution is 7.89. The number of benzene rings is 1. The first-order valence-electron chi connectivity index (χ1n) is 4.92. The van der Waals surface area contributed by atoms with Gasteiger partial charge in [0, 0.05) is 5.54 Å². The normalized spacial score (nSPS) is 12.8. The first-order chi connectivity index (χ1) is 7.12. The van der Waals surface area contributed by atoms with Crippen molar-refractivity contribution in [3.63, 3.8) is 0 Å². The highest BCUT2D eigenvalue weighted by Gasteiger charge is 2.24. The largest absolute Gasteiger partial charge is 0.243 e. The van der Waals surface area contributed by atoms with E-state index in [9.17, 15) is 12.8 Å². The maximum absolute atomic E-state index is 13.4. The van der Waals surface area contributed by atoms with Crippen LogP contribution in [0.15, 0.2) is 23.1 Å². The van der Waals surface area contributed by atoms with Crippen LogP contribution in [0.3, 0.4) is 0 Å². The van der Waals surface area contributed by atoms with Crippen molar-refractivity contribution in [2.45, 2.75) is 38.1 Å². The summed E-state index contributed by atoms with van der Waals surface area (Å²) in [5, 5.41) is 0. The van der Waals surface area contributed by atoms with Crippen LogP contribution in [0.5, 0.6) is 0 Å². The lowest BCUT2D eigenvalue weighted by Gasteiger charge is -2.20. The van der Waals surface area contributed by atoms with Gasteiger partial charge in [0.15, 0.2) is 0 Å². The van der Waals surface area contributed by atoms with Crippen LogP contribution in [0, 0.1) is 12.7 Å². The van der Waals surface area contributed by atoms with Gasteiger partial charge in [0.1, 0.15) is 10.7 Å². The molecule has 1 N–H and O–H groups in total. The van der Waals surface area contributed by atoms with E-state index in [0.29, 0.717) is 5.56 Å². The molecule has 90 valence electrons. The lowest BCUT2D eigenvalue weighted by atomic mass is 10.1. The Hall–Kier alpha value is -0.940. The predicted octanol–water partition coefficient (Wildman–Crippen LogP) is 2.21. The molecule has 0 spiro atoms. The van der Waals surface area contributed by atoms with Gasteiger partial charge in [-0.15, -0.1) is 0 Å². The van der Waals surface area contributed by atoms with E-state index in [1.807, 2.05) is 0 Å². The molecule has 3 nitrogen and oxygen atoms in total. The molecule has 0 fully saturated rings. The molecule has 0 aliphatic carbocycles. The average molecular weight is 245 g/mol. The Balaban J connectivity index is 3.22. The molecule has 0 amide bonds. The van der Waals surface area contributed by atoms with Crippen LogP contribution >= 0.6 is 0 Å². The maximum Gasteiger partial charge on any atom is 0.243 e. The molecule has 0 atom stereocenters. The van der Waals surface area contributed by atoms with Crippen molar-refractivity contribution in [1.82, 2.24) is 4.72 Å². The summed E-state index contributed by atoms with van der Waals surface area (Å²) < 4.78 is 39.6. The van der Waals surface area contributed by atoms with Crippen LogP contribution in [-0.4, -0.2) is 14.0 Å². The smallest absolute Gasteiger partial charge is 0.207 e. The Morgan fingerprint density at radius 1 is 1.25 bits per heavy atom. The fourth-order valence-corrected chi connectivity index (χ4v) is 2.86. The summed E-state index contributed by atoms with van der Waals surface area (Å²) in [7, 11) is -3.80. The number of rotatable bonds is 2. The molecular weight excluding hydrogens is 229 g/mol. The van der Waals surface area contributed by atoms with Crippen molar-refractivity contribution in [2.24, 2.45) is 0 Å². The standard InChI is InChI=1S/C11H16FNO2S/c1-8-5-6-9(12)10(7-8)16(14,15)13-11(2,3)4/h5-7,13H,1-4H3. The van der Waals surface area contributed by atoms with Crippen LogP contribution in [0.2, 0.25) is 0 Å². The summed E-state index contributed by atoms with van der Waals surface area (Å²) >= 11 is 0. The predicted molar refractivity (Wildman–Crippen MR) is 61.2 cm³/mol. The monoisotopic (exact) mass is 245 g/mol. The number of hydrogen-bond donors (Lipinski definition) is 1. The van der Waals surface area contributed by atoms with Gasteiger partial charge in [-0.25, -0.2) is 17.5 Å². The molecule has 5 heteroatoms. The summed E-state index contributed by atoms with van der Waals surface area (Å²) in [6.07, 6.45) is 0. The molecule has 0 heterocycles. The third-order valence-electron chi connectivity index (χ3n) is 1.82. The zero-order chi connectivity index (χ0) is 12.6. The third-order valence-corrected chi connectivity index (χ3v) is 3.59. The molecule has 0 saturated carbocycles. The van der Waals surface area contributed by atoms with Crippen molar-refractivity contribution in [2.75, 3.05) is 0 Å². The third kappa shape index (κ3) is 3.28. The Morgan fingerprint density at radius 3 is 2.31 bits per heavy atom. The maximum atomic E-state index is 13.4. The molecule has 0 saturated heterocycles. The number of hydrogen-bond acceptors (Lipinski definition) is 2. The van der Waals surface area contributed by atoms with Crippen LogP contribution in [0.1, 0.15) is 26.3 Å². The van der Waals surface area contributed by atoms with Crippen LogP contribution < -0.4 is 4.72 Å². The van der Waals surface area contributed by atoms with E-state index in [1.165, 1.54) is 12.1 Å². The molecule has 0 aromatic heterocycles. The van der Waals surface area contributed by atoms with Crippen molar-refractivity contribution in [3.05, 3.63) is 29.6 Å².